The summed E-state index contributed by atoms with van der Waals surface area (Å²) in [7, 11) is 1.62. The van der Waals surface area contributed by atoms with Gasteiger partial charge in [-0.25, -0.2) is 9.38 Å². The number of carbonyl (C=O) groups excluding carboxylic acids is 2. The number of halogens is 1. The number of aromatic amines is 1. The van der Waals surface area contributed by atoms with Gasteiger partial charge >= 0.3 is 0 Å². The molecule has 1 aromatic heterocycles. The first kappa shape index (κ1) is 20.6. The van der Waals surface area contributed by atoms with Crippen molar-refractivity contribution in [3.8, 4) is 0 Å². The van der Waals surface area contributed by atoms with E-state index in [1.807, 2.05) is 25.1 Å². The van der Waals surface area contributed by atoms with E-state index in [0.717, 1.165) is 16.5 Å². The van der Waals surface area contributed by atoms with Crippen molar-refractivity contribution in [2.45, 2.75) is 13.1 Å². The van der Waals surface area contributed by atoms with Crippen LogP contribution in [0.1, 0.15) is 27.2 Å². The number of amides is 2. The first-order chi connectivity index (χ1) is 15.9. The van der Waals surface area contributed by atoms with Crippen LogP contribution in [0.4, 0.5) is 10.1 Å². The number of benzene rings is 3. The maximum Gasteiger partial charge on any atom is 0.272 e. The molecular formula is C26H21FN4O2. The van der Waals surface area contributed by atoms with E-state index >= 15 is 0 Å². The Kier molecular flexibility index (Phi) is 5.01. The average Bonchev–Trinajstić information content (AvgIpc) is 3.24. The Morgan fingerprint density at radius 3 is 2.52 bits per heavy atom. The molecular weight excluding hydrogens is 419 g/mol. The molecule has 164 valence electrons. The van der Waals surface area contributed by atoms with Gasteiger partial charge in [-0.3, -0.25) is 9.59 Å². The van der Waals surface area contributed by atoms with Crippen LogP contribution >= 0.6 is 0 Å². The van der Waals surface area contributed by atoms with Gasteiger partial charge in [0.05, 0.1) is 11.4 Å². The van der Waals surface area contributed by atoms with Crippen LogP contribution < -0.4 is 10.2 Å². The lowest BCUT2D eigenvalue weighted by Crippen LogP contribution is -2.46. The topological polar surface area (TPSA) is 77.6 Å². The maximum absolute atomic E-state index is 14.7. The number of H-pyrrole nitrogens is 1. The van der Waals surface area contributed by atoms with Crippen LogP contribution in [0.2, 0.25) is 0 Å². The van der Waals surface area contributed by atoms with Crippen molar-refractivity contribution in [3.63, 3.8) is 0 Å². The normalized spacial score (nSPS) is 15.7. The minimum Gasteiger partial charge on any atom is -0.351 e. The Labute approximate surface area is 189 Å². The van der Waals surface area contributed by atoms with Gasteiger partial charge in [0.25, 0.3) is 11.8 Å². The summed E-state index contributed by atoms with van der Waals surface area (Å²) in [4.78, 5) is 35.4. The summed E-state index contributed by atoms with van der Waals surface area (Å²) >= 11 is 0. The molecule has 1 aliphatic rings. The average molecular weight is 440 g/mol. The van der Waals surface area contributed by atoms with E-state index in [4.69, 9.17) is 0 Å². The second-order valence-electron chi connectivity index (χ2n) is 7.97. The third-order valence-corrected chi connectivity index (χ3v) is 5.87. The van der Waals surface area contributed by atoms with Gasteiger partial charge in [0.15, 0.2) is 0 Å². The summed E-state index contributed by atoms with van der Waals surface area (Å²) in [6.45, 7) is 1.96. The summed E-state index contributed by atoms with van der Waals surface area (Å²) in [5.74, 6) is -1.35. The van der Waals surface area contributed by atoms with E-state index in [0.29, 0.717) is 22.7 Å². The summed E-state index contributed by atoms with van der Waals surface area (Å²) in [5.41, 5.74) is 3.93. The number of carbonyl (C=O) groups is 2. The lowest BCUT2D eigenvalue weighted by Gasteiger charge is -2.20. The van der Waals surface area contributed by atoms with Gasteiger partial charge in [0.1, 0.15) is 11.5 Å². The van der Waals surface area contributed by atoms with Crippen LogP contribution in [0.3, 0.4) is 0 Å². The summed E-state index contributed by atoms with van der Waals surface area (Å²) < 4.78 is 14.7. The van der Waals surface area contributed by atoms with Gasteiger partial charge in [-0.05, 0) is 42.8 Å². The molecule has 2 heterocycles. The molecule has 33 heavy (non-hydrogen) atoms. The number of nitrogens with zero attached hydrogens (tertiary/aromatic N) is 2. The number of fused-ring (bicyclic) bond motifs is 2. The zero-order valence-corrected chi connectivity index (χ0v) is 18.1. The minimum absolute atomic E-state index is 0.258. The molecule has 0 spiro atoms. The number of anilines is 1. The smallest absolute Gasteiger partial charge is 0.272 e. The third-order valence-electron chi connectivity index (χ3n) is 5.87. The van der Waals surface area contributed by atoms with E-state index in [2.05, 4.69) is 15.3 Å². The van der Waals surface area contributed by atoms with Gasteiger partial charge < -0.3 is 15.2 Å². The lowest BCUT2D eigenvalue weighted by molar-refractivity contribution is -0.119. The predicted molar refractivity (Wildman–Crippen MR) is 126 cm³/mol. The Bertz CT molecular complexity index is 1440. The number of aliphatic imine (C=N–C) groups is 1. The van der Waals surface area contributed by atoms with Crippen molar-refractivity contribution in [3.05, 3.63) is 101 Å². The molecule has 0 saturated heterocycles. The summed E-state index contributed by atoms with van der Waals surface area (Å²) in [6.07, 6.45) is -1.22. The highest BCUT2D eigenvalue weighted by Gasteiger charge is 2.32. The van der Waals surface area contributed by atoms with Crippen molar-refractivity contribution in [2.24, 2.45) is 4.99 Å². The monoisotopic (exact) mass is 440 g/mol. The summed E-state index contributed by atoms with van der Waals surface area (Å²) in [5, 5.41) is 3.64. The van der Waals surface area contributed by atoms with Crippen LogP contribution in [-0.2, 0) is 4.79 Å². The highest BCUT2D eigenvalue weighted by Crippen LogP contribution is 2.28. The Morgan fingerprint density at radius 2 is 1.76 bits per heavy atom. The number of hydrogen-bond acceptors (Lipinski definition) is 3. The van der Waals surface area contributed by atoms with Crippen LogP contribution in [0, 0.1) is 12.7 Å². The Hall–Kier alpha value is -4.26. The molecule has 7 heteroatoms. The lowest BCUT2D eigenvalue weighted by atomic mass is 10.00. The van der Waals surface area contributed by atoms with Crippen molar-refractivity contribution in [1.29, 1.82) is 0 Å². The molecule has 0 aliphatic carbocycles. The predicted octanol–water partition coefficient (Wildman–Crippen LogP) is 4.19. The fourth-order valence-corrected chi connectivity index (χ4v) is 4.12. The Balaban J connectivity index is 1.58. The molecule has 1 unspecified atom stereocenters. The van der Waals surface area contributed by atoms with E-state index in [1.165, 1.54) is 11.0 Å². The maximum atomic E-state index is 14.7. The Morgan fingerprint density at radius 1 is 1.03 bits per heavy atom. The fourth-order valence-electron chi connectivity index (χ4n) is 4.12. The first-order valence-electron chi connectivity index (χ1n) is 10.5. The van der Waals surface area contributed by atoms with Crippen molar-refractivity contribution in [1.82, 2.24) is 10.3 Å². The molecule has 6 nitrogen and oxygen atoms in total. The van der Waals surface area contributed by atoms with Gasteiger partial charge in [-0.2, -0.15) is 0 Å². The zero-order valence-electron chi connectivity index (χ0n) is 18.1. The van der Waals surface area contributed by atoms with E-state index in [9.17, 15) is 14.0 Å². The summed E-state index contributed by atoms with van der Waals surface area (Å²) in [6, 6.07) is 20.9. The van der Waals surface area contributed by atoms with Crippen molar-refractivity contribution >= 4 is 34.1 Å². The molecule has 1 aliphatic heterocycles. The minimum atomic E-state index is -1.22. The zero-order chi connectivity index (χ0) is 23.1. The molecule has 2 amide bonds. The molecule has 3 aromatic carbocycles. The highest BCUT2D eigenvalue weighted by molar-refractivity contribution is 6.20. The molecule has 5 rings (SSSR count). The highest BCUT2D eigenvalue weighted by atomic mass is 19.1. The molecule has 0 fully saturated rings. The van der Waals surface area contributed by atoms with Gasteiger partial charge in [0, 0.05) is 29.1 Å². The van der Waals surface area contributed by atoms with E-state index in [1.54, 1.807) is 55.6 Å². The SMILES string of the molecule is Cc1cccc2[nH]c(C(=O)NC3N=C(c4ccccc4F)c4ccccc4N(C)C3=O)cc12. The number of rotatable bonds is 3. The number of aromatic nitrogens is 1. The third kappa shape index (κ3) is 3.57. The van der Waals surface area contributed by atoms with Gasteiger partial charge in [-0.15, -0.1) is 0 Å². The molecule has 0 saturated carbocycles. The molecule has 0 bridgehead atoms. The van der Waals surface area contributed by atoms with Crippen LogP contribution in [-0.4, -0.2) is 35.7 Å². The first-order valence-corrected chi connectivity index (χ1v) is 10.5. The number of para-hydroxylation sites is 1. The molecule has 4 aromatic rings. The number of likely N-dealkylation sites (N-methyl/N-ethyl adjacent to an activating group) is 1. The largest absolute Gasteiger partial charge is 0.351 e. The number of benzodiazepines with no additional fused rings is 1. The van der Waals surface area contributed by atoms with Crippen molar-refractivity contribution < 1.29 is 14.0 Å². The number of aryl methyl sites for hydroxylation is 1. The number of nitrogens with one attached hydrogen (secondary N) is 2. The molecule has 1 atom stereocenters. The van der Waals surface area contributed by atoms with Crippen LogP contribution in [0.25, 0.3) is 10.9 Å². The second kappa shape index (κ2) is 8.02. The fraction of sp³-hybridized carbons (Fsp3) is 0.115. The standard InChI is InChI=1S/C26H21FN4O2/c1-15-8-7-12-20-18(15)14-21(28-20)25(32)30-24-26(33)31(2)22-13-6-4-10-17(22)23(29-24)16-9-3-5-11-19(16)27/h3-14,24,28H,1-2H3,(H,30,32). The molecule has 0 radical (unpaired) electrons. The van der Waals surface area contributed by atoms with E-state index in [-0.39, 0.29) is 5.56 Å². The van der Waals surface area contributed by atoms with Crippen molar-refractivity contribution in [2.75, 3.05) is 11.9 Å². The van der Waals surface area contributed by atoms with Crippen LogP contribution in [0.5, 0.6) is 0 Å². The quantitative estimate of drug-likeness (QED) is 0.501. The molecule has 2 N–H and O–H groups in total. The van der Waals surface area contributed by atoms with E-state index < -0.39 is 23.8 Å². The van der Waals surface area contributed by atoms with Gasteiger partial charge in [0.2, 0.25) is 6.17 Å². The van der Waals surface area contributed by atoms with Gasteiger partial charge in [-0.1, -0.05) is 42.5 Å². The number of hydrogen-bond donors (Lipinski definition) is 2. The second-order valence-corrected chi connectivity index (χ2v) is 7.97. The van der Waals surface area contributed by atoms with Crippen LogP contribution in [0.15, 0.2) is 77.8 Å².